The highest BCUT2D eigenvalue weighted by molar-refractivity contribution is 8.01. The van der Waals surface area contributed by atoms with Crippen molar-refractivity contribution in [2.45, 2.75) is 17.7 Å². The van der Waals surface area contributed by atoms with Crippen LogP contribution in [0.15, 0.2) is 46.8 Å². The first-order chi connectivity index (χ1) is 16.0. The minimum Gasteiger partial charge on any atom is -0.493 e. The van der Waals surface area contributed by atoms with E-state index in [1.54, 1.807) is 26.2 Å². The molecule has 0 radical (unpaired) electrons. The predicted octanol–water partition coefficient (Wildman–Crippen LogP) is 4.49. The maximum Gasteiger partial charge on any atom is 0.232 e. The molecule has 1 N–H and O–H groups in total. The van der Waals surface area contributed by atoms with Gasteiger partial charge < -0.3 is 24.4 Å². The molecule has 8 nitrogen and oxygen atoms in total. The van der Waals surface area contributed by atoms with Crippen LogP contribution >= 0.6 is 23.1 Å². The summed E-state index contributed by atoms with van der Waals surface area (Å²) < 4.78 is 17.0. The largest absolute Gasteiger partial charge is 0.493 e. The quantitative estimate of drug-likeness (QED) is 0.373. The molecule has 2 aromatic carbocycles. The van der Waals surface area contributed by atoms with Crippen LogP contribution < -0.4 is 19.5 Å². The van der Waals surface area contributed by atoms with Crippen molar-refractivity contribution in [3.63, 3.8) is 0 Å². The lowest BCUT2D eigenvalue weighted by atomic mass is 10.1. The predicted molar refractivity (Wildman–Crippen MR) is 132 cm³/mol. The number of anilines is 2. The number of carbonyl (C=O) groups is 1. The van der Waals surface area contributed by atoms with E-state index in [2.05, 4.69) is 15.5 Å². The van der Waals surface area contributed by atoms with Gasteiger partial charge in [0.15, 0.2) is 15.8 Å². The zero-order chi connectivity index (χ0) is 23.6. The molecule has 0 atom stereocenters. The number of likely N-dealkylation sites (N-methyl/N-ethyl adjacent to an activating group) is 1. The van der Waals surface area contributed by atoms with E-state index < -0.39 is 0 Å². The molecule has 0 fully saturated rings. The summed E-state index contributed by atoms with van der Waals surface area (Å²) in [6.45, 7) is 3.13. The maximum absolute atomic E-state index is 12.6. The number of benzene rings is 2. The molecule has 0 aliphatic rings. The second-order valence-electron chi connectivity index (χ2n) is 6.97. The second kappa shape index (κ2) is 12.3. The van der Waals surface area contributed by atoms with Crippen LogP contribution in [0.5, 0.6) is 17.2 Å². The van der Waals surface area contributed by atoms with Gasteiger partial charge in [0.1, 0.15) is 5.75 Å². The maximum atomic E-state index is 12.6. The lowest BCUT2D eigenvalue weighted by molar-refractivity contribution is -0.127. The standard InChI is InChI=1S/C23H28N4O4S2/c1-5-31-18-9-7-6-8-17(18)24-22-25-26-23(33-22)32-15-21(28)27(2)13-12-16-10-11-19(29-3)20(14-16)30-4/h6-11,14H,5,12-13,15H2,1-4H3,(H,24,25). The molecule has 1 heterocycles. The van der Waals surface area contributed by atoms with Crippen LogP contribution in [-0.2, 0) is 11.2 Å². The highest BCUT2D eigenvalue weighted by atomic mass is 32.2. The molecule has 0 saturated carbocycles. The fourth-order valence-electron chi connectivity index (χ4n) is 2.98. The van der Waals surface area contributed by atoms with Crippen LogP contribution in [0.3, 0.4) is 0 Å². The summed E-state index contributed by atoms with van der Waals surface area (Å²) in [4.78, 5) is 14.3. The number of nitrogens with zero attached hydrogens (tertiary/aromatic N) is 3. The van der Waals surface area contributed by atoms with Crippen molar-refractivity contribution in [1.82, 2.24) is 15.1 Å². The van der Waals surface area contributed by atoms with E-state index in [9.17, 15) is 4.79 Å². The fourth-order valence-corrected chi connectivity index (χ4v) is 4.68. The molecule has 10 heteroatoms. The number of thioether (sulfide) groups is 1. The number of methoxy groups -OCH3 is 2. The van der Waals surface area contributed by atoms with E-state index in [4.69, 9.17) is 14.2 Å². The summed E-state index contributed by atoms with van der Waals surface area (Å²) in [6, 6.07) is 13.5. The number of nitrogens with one attached hydrogen (secondary N) is 1. The Kier molecular flexibility index (Phi) is 9.20. The van der Waals surface area contributed by atoms with E-state index in [0.717, 1.165) is 27.8 Å². The van der Waals surface area contributed by atoms with Gasteiger partial charge in [-0.25, -0.2) is 0 Å². The molecule has 3 rings (SSSR count). The van der Waals surface area contributed by atoms with Crippen molar-refractivity contribution in [3.05, 3.63) is 48.0 Å². The van der Waals surface area contributed by atoms with Crippen LogP contribution in [0.4, 0.5) is 10.8 Å². The van der Waals surface area contributed by atoms with E-state index in [-0.39, 0.29) is 5.91 Å². The van der Waals surface area contributed by atoms with Crippen molar-refractivity contribution < 1.29 is 19.0 Å². The Morgan fingerprint density at radius 2 is 1.88 bits per heavy atom. The lowest BCUT2D eigenvalue weighted by Crippen LogP contribution is -2.30. The van der Waals surface area contributed by atoms with Crippen LogP contribution in [0.1, 0.15) is 12.5 Å². The van der Waals surface area contributed by atoms with Crippen molar-refractivity contribution in [2.24, 2.45) is 0 Å². The third-order valence-electron chi connectivity index (χ3n) is 4.76. The second-order valence-corrected chi connectivity index (χ2v) is 9.17. The molecular weight excluding hydrogens is 460 g/mol. The first kappa shape index (κ1) is 24.7. The van der Waals surface area contributed by atoms with Crippen molar-refractivity contribution in [1.29, 1.82) is 0 Å². The van der Waals surface area contributed by atoms with Crippen molar-refractivity contribution in [2.75, 3.05) is 45.5 Å². The average molecular weight is 489 g/mol. The Morgan fingerprint density at radius 1 is 1.09 bits per heavy atom. The van der Waals surface area contributed by atoms with Gasteiger partial charge in [0.05, 0.1) is 32.3 Å². The van der Waals surface area contributed by atoms with Gasteiger partial charge in [-0.2, -0.15) is 0 Å². The van der Waals surface area contributed by atoms with Gasteiger partial charge in [0, 0.05) is 13.6 Å². The molecular formula is C23H28N4O4S2. The normalized spacial score (nSPS) is 10.5. The number of amides is 1. The van der Waals surface area contributed by atoms with Gasteiger partial charge in [-0.15, -0.1) is 10.2 Å². The summed E-state index contributed by atoms with van der Waals surface area (Å²) in [5, 5.41) is 12.2. The monoisotopic (exact) mass is 488 g/mol. The first-order valence-electron chi connectivity index (χ1n) is 10.4. The zero-order valence-corrected chi connectivity index (χ0v) is 20.8. The Labute approximate surface area is 202 Å². The molecule has 0 saturated heterocycles. The third-order valence-corrected chi connectivity index (χ3v) is 6.72. The van der Waals surface area contributed by atoms with E-state index >= 15 is 0 Å². The van der Waals surface area contributed by atoms with Crippen LogP contribution in [0.2, 0.25) is 0 Å². The zero-order valence-electron chi connectivity index (χ0n) is 19.2. The first-order valence-corrected chi connectivity index (χ1v) is 12.2. The van der Waals surface area contributed by atoms with Crippen LogP contribution in [0.25, 0.3) is 0 Å². The number of ether oxygens (including phenoxy) is 3. The van der Waals surface area contributed by atoms with Gasteiger partial charge in [0.2, 0.25) is 11.0 Å². The van der Waals surface area contributed by atoms with Crippen molar-refractivity contribution >= 4 is 39.8 Å². The summed E-state index contributed by atoms with van der Waals surface area (Å²) in [5.74, 6) is 2.47. The van der Waals surface area contributed by atoms with Crippen LogP contribution in [0, 0.1) is 0 Å². The Bertz CT molecular complexity index is 1060. The molecule has 0 spiro atoms. The van der Waals surface area contributed by atoms with E-state index in [1.165, 1.54) is 23.1 Å². The van der Waals surface area contributed by atoms with Crippen molar-refractivity contribution in [3.8, 4) is 17.2 Å². The highest BCUT2D eigenvalue weighted by Crippen LogP contribution is 2.32. The fraction of sp³-hybridized carbons (Fsp3) is 0.348. The molecule has 3 aromatic rings. The number of hydrogen-bond acceptors (Lipinski definition) is 9. The molecule has 0 aliphatic carbocycles. The number of carbonyl (C=O) groups excluding carboxylic acids is 1. The van der Waals surface area contributed by atoms with Gasteiger partial charge in [-0.3, -0.25) is 4.79 Å². The number of para-hydroxylation sites is 2. The number of aromatic nitrogens is 2. The average Bonchev–Trinajstić information content (AvgIpc) is 3.29. The molecule has 33 heavy (non-hydrogen) atoms. The summed E-state index contributed by atoms with van der Waals surface area (Å²) in [7, 11) is 5.03. The summed E-state index contributed by atoms with van der Waals surface area (Å²) in [6.07, 6.45) is 0.722. The van der Waals surface area contributed by atoms with Gasteiger partial charge >= 0.3 is 0 Å². The molecule has 0 bridgehead atoms. The smallest absolute Gasteiger partial charge is 0.232 e. The minimum absolute atomic E-state index is 0.0341. The Hall–Kier alpha value is -2.98. The Morgan fingerprint density at radius 3 is 2.64 bits per heavy atom. The van der Waals surface area contributed by atoms with Gasteiger partial charge in [-0.1, -0.05) is 41.3 Å². The molecule has 0 aliphatic heterocycles. The van der Waals surface area contributed by atoms with Gasteiger partial charge in [-0.05, 0) is 43.2 Å². The highest BCUT2D eigenvalue weighted by Gasteiger charge is 2.14. The topological polar surface area (TPSA) is 85.8 Å². The Balaban J connectivity index is 1.48. The lowest BCUT2D eigenvalue weighted by Gasteiger charge is -2.17. The SMILES string of the molecule is CCOc1ccccc1Nc1nnc(SCC(=O)N(C)CCc2ccc(OC)c(OC)c2)s1. The molecule has 1 aromatic heterocycles. The molecule has 1 amide bonds. The van der Waals surface area contributed by atoms with Gasteiger partial charge in [0.25, 0.3) is 0 Å². The van der Waals surface area contributed by atoms with E-state index in [0.29, 0.717) is 35.5 Å². The summed E-state index contributed by atoms with van der Waals surface area (Å²) in [5.41, 5.74) is 1.91. The molecule has 0 unspecified atom stereocenters. The third kappa shape index (κ3) is 7.00. The van der Waals surface area contributed by atoms with Crippen LogP contribution in [-0.4, -0.2) is 61.2 Å². The number of hydrogen-bond donors (Lipinski definition) is 1. The van der Waals surface area contributed by atoms with E-state index in [1.807, 2.05) is 49.4 Å². The summed E-state index contributed by atoms with van der Waals surface area (Å²) >= 11 is 2.78. The number of rotatable bonds is 12. The molecule has 176 valence electrons. The minimum atomic E-state index is 0.0341.